The Morgan fingerprint density at radius 1 is 1.07 bits per heavy atom. The number of rotatable bonds is 9. The molecule has 4 saturated carbocycles. The highest BCUT2D eigenvalue weighted by molar-refractivity contribution is 5.79. The molecular weight excluding hydrogens is 348 g/mol. The van der Waals surface area contributed by atoms with Gasteiger partial charge in [0.25, 0.3) is 0 Å². The average molecular weight is 382 g/mol. The number of hydrogen-bond acceptors (Lipinski definition) is 6. The maximum atomic E-state index is 12.9. The van der Waals surface area contributed by atoms with Gasteiger partial charge in [-0.25, -0.2) is 0 Å². The fraction of sp³-hybridized carbons (Fsp3) is 0.905. The molecule has 0 aliphatic heterocycles. The second-order valence-electron chi connectivity index (χ2n) is 9.50. The lowest BCUT2D eigenvalue weighted by molar-refractivity contribution is -0.221. The van der Waals surface area contributed by atoms with E-state index in [0.717, 1.165) is 38.5 Å². The molecule has 0 aromatic rings. The lowest BCUT2D eigenvalue weighted by Gasteiger charge is -2.60. The maximum absolute atomic E-state index is 12.9. The van der Waals surface area contributed by atoms with Gasteiger partial charge in [0.15, 0.2) is 6.79 Å². The molecule has 2 atom stereocenters. The van der Waals surface area contributed by atoms with Gasteiger partial charge in [-0.15, -0.1) is 0 Å². The van der Waals surface area contributed by atoms with Gasteiger partial charge < -0.3 is 18.9 Å². The molecule has 0 spiro atoms. The van der Waals surface area contributed by atoms with Crippen molar-refractivity contribution in [3.8, 4) is 0 Å². The largest absolute Gasteiger partial charge is 0.459 e. The molecule has 0 radical (unpaired) electrons. The Kier molecular flexibility index (Phi) is 5.88. The summed E-state index contributed by atoms with van der Waals surface area (Å²) in [6, 6.07) is 0. The van der Waals surface area contributed by atoms with Gasteiger partial charge in [-0.1, -0.05) is 6.92 Å². The van der Waals surface area contributed by atoms with Gasteiger partial charge in [0.05, 0.1) is 24.0 Å². The van der Waals surface area contributed by atoms with Crippen LogP contribution in [0.5, 0.6) is 0 Å². The summed E-state index contributed by atoms with van der Waals surface area (Å²) in [6.45, 7) is 6.68. The van der Waals surface area contributed by atoms with Crippen LogP contribution >= 0.6 is 0 Å². The van der Waals surface area contributed by atoms with Crippen LogP contribution in [0.15, 0.2) is 0 Å². The number of carbonyl (C=O) groups is 2. The zero-order valence-corrected chi connectivity index (χ0v) is 17.2. The first-order chi connectivity index (χ1) is 12.7. The molecule has 27 heavy (non-hydrogen) atoms. The van der Waals surface area contributed by atoms with Crippen molar-refractivity contribution >= 4 is 11.9 Å². The molecule has 0 N–H and O–H groups in total. The molecular formula is C21H34O6. The van der Waals surface area contributed by atoms with Crippen LogP contribution in [0.25, 0.3) is 0 Å². The second-order valence-corrected chi connectivity index (χ2v) is 9.50. The standard InChI is InChI=1S/C21H34O6/c1-5-19(2,3)17(22)27-21-11-15-8-16(12-21)10-20(9-15,13-21)18(23)26-14-25-7-6-24-4/h15-16H,5-14H2,1-4H3. The van der Waals surface area contributed by atoms with E-state index >= 15 is 0 Å². The fourth-order valence-electron chi connectivity index (χ4n) is 5.47. The molecule has 0 amide bonds. The third kappa shape index (κ3) is 4.16. The van der Waals surface area contributed by atoms with Crippen molar-refractivity contribution in [1.29, 1.82) is 0 Å². The summed E-state index contributed by atoms with van der Waals surface area (Å²) >= 11 is 0. The topological polar surface area (TPSA) is 71.1 Å². The molecule has 0 aromatic carbocycles. The van der Waals surface area contributed by atoms with E-state index in [1.54, 1.807) is 7.11 Å². The summed E-state index contributed by atoms with van der Waals surface area (Å²) in [4.78, 5) is 25.7. The van der Waals surface area contributed by atoms with Crippen molar-refractivity contribution in [3.63, 3.8) is 0 Å². The third-order valence-corrected chi connectivity index (χ3v) is 6.89. The van der Waals surface area contributed by atoms with Gasteiger partial charge in [-0.2, -0.15) is 0 Å². The van der Waals surface area contributed by atoms with E-state index in [2.05, 4.69) is 0 Å². The van der Waals surface area contributed by atoms with Gasteiger partial charge in [-0.05, 0) is 64.2 Å². The monoisotopic (exact) mass is 382 g/mol. The molecule has 4 fully saturated rings. The Morgan fingerprint density at radius 2 is 1.74 bits per heavy atom. The first-order valence-corrected chi connectivity index (χ1v) is 10.2. The van der Waals surface area contributed by atoms with E-state index in [1.807, 2.05) is 20.8 Å². The normalized spacial score (nSPS) is 34.5. The number of carbonyl (C=O) groups excluding carboxylic acids is 2. The Hall–Kier alpha value is -1.14. The molecule has 4 aliphatic carbocycles. The SMILES string of the molecule is CCC(C)(C)C(=O)OC12CC3CC(C1)CC(C(=O)OCOCCOC)(C3)C2. The van der Waals surface area contributed by atoms with Gasteiger partial charge >= 0.3 is 11.9 Å². The predicted molar refractivity (Wildman–Crippen MR) is 98.8 cm³/mol. The molecule has 4 aliphatic rings. The minimum absolute atomic E-state index is 0.0467. The number of esters is 2. The summed E-state index contributed by atoms with van der Waals surface area (Å²) in [5.41, 5.74) is -1.51. The van der Waals surface area contributed by atoms with Crippen LogP contribution in [0.4, 0.5) is 0 Å². The molecule has 6 nitrogen and oxygen atoms in total. The summed E-state index contributed by atoms with van der Waals surface area (Å²) < 4.78 is 21.8. The van der Waals surface area contributed by atoms with Gasteiger partial charge in [0, 0.05) is 13.5 Å². The van der Waals surface area contributed by atoms with Gasteiger partial charge in [-0.3, -0.25) is 9.59 Å². The summed E-state index contributed by atoms with van der Waals surface area (Å²) in [6.07, 6.45) is 5.92. The van der Waals surface area contributed by atoms with E-state index in [4.69, 9.17) is 18.9 Å². The van der Waals surface area contributed by atoms with Crippen LogP contribution in [0, 0.1) is 22.7 Å². The van der Waals surface area contributed by atoms with Crippen molar-refractivity contribution in [1.82, 2.24) is 0 Å². The van der Waals surface area contributed by atoms with Crippen molar-refractivity contribution in [2.45, 2.75) is 71.3 Å². The number of hydrogen-bond donors (Lipinski definition) is 0. The average Bonchev–Trinajstić information content (AvgIpc) is 2.59. The minimum atomic E-state index is -0.522. The number of methoxy groups -OCH3 is 1. The van der Waals surface area contributed by atoms with E-state index in [1.165, 1.54) is 0 Å². The van der Waals surface area contributed by atoms with Crippen molar-refractivity contribution in [3.05, 3.63) is 0 Å². The number of ether oxygens (including phenoxy) is 4. The highest BCUT2D eigenvalue weighted by Crippen LogP contribution is 2.63. The van der Waals surface area contributed by atoms with E-state index < -0.39 is 16.4 Å². The maximum Gasteiger partial charge on any atom is 0.314 e. The molecule has 4 bridgehead atoms. The molecule has 2 unspecified atom stereocenters. The van der Waals surface area contributed by atoms with Crippen LogP contribution in [0.3, 0.4) is 0 Å². The molecule has 4 rings (SSSR count). The lowest BCUT2D eigenvalue weighted by Crippen LogP contribution is -2.60. The summed E-state index contributed by atoms with van der Waals surface area (Å²) in [5.74, 6) is 0.541. The van der Waals surface area contributed by atoms with Crippen LogP contribution in [0.1, 0.15) is 65.7 Å². The third-order valence-electron chi connectivity index (χ3n) is 6.89. The van der Waals surface area contributed by atoms with E-state index in [9.17, 15) is 9.59 Å². The van der Waals surface area contributed by atoms with Crippen molar-refractivity contribution in [2.24, 2.45) is 22.7 Å². The summed E-state index contributed by atoms with van der Waals surface area (Å²) in [7, 11) is 1.60. The predicted octanol–water partition coefficient (Wildman–Crippen LogP) is 3.47. The molecule has 0 aromatic heterocycles. The van der Waals surface area contributed by atoms with E-state index in [-0.39, 0.29) is 18.7 Å². The minimum Gasteiger partial charge on any atom is -0.459 e. The van der Waals surface area contributed by atoms with Crippen molar-refractivity contribution in [2.75, 3.05) is 27.1 Å². The highest BCUT2D eigenvalue weighted by atomic mass is 16.7. The Bertz CT molecular complexity index is 555. The zero-order valence-electron chi connectivity index (χ0n) is 17.2. The highest BCUT2D eigenvalue weighted by Gasteiger charge is 2.63. The lowest BCUT2D eigenvalue weighted by atomic mass is 9.48. The van der Waals surface area contributed by atoms with Crippen LogP contribution in [0.2, 0.25) is 0 Å². The fourth-order valence-corrected chi connectivity index (χ4v) is 5.47. The van der Waals surface area contributed by atoms with Gasteiger partial charge in [0.2, 0.25) is 0 Å². The van der Waals surface area contributed by atoms with E-state index in [0.29, 0.717) is 31.5 Å². The second kappa shape index (κ2) is 7.70. The Labute approximate surface area is 162 Å². The smallest absolute Gasteiger partial charge is 0.314 e. The zero-order chi connectivity index (χ0) is 19.7. The van der Waals surface area contributed by atoms with Crippen LogP contribution in [-0.4, -0.2) is 44.7 Å². The van der Waals surface area contributed by atoms with Crippen LogP contribution in [-0.2, 0) is 28.5 Å². The van der Waals surface area contributed by atoms with Gasteiger partial charge in [0.1, 0.15) is 5.60 Å². The molecule has 0 heterocycles. The first-order valence-electron chi connectivity index (χ1n) is 10.2. The quantitative estimate of drug-likeness (QED) is 0.345. The summed E-state index contributed by atoms with van der Waals surface area (Å²) in [5, 5.41) is 0. The van der Waals surface area contributed by atoms with Crippen LogP contribution < -0.4 is 0 Å². The Balaban J connectivity index is 1.67. The van der Waals surface area contributed by atoms with Crippen molar-refractivity contribution < 1.29 is 28.5 Å². The molecule has 6 heteroatoms. The molecule has 0 saturated heterocycles. The Morgan fingerprint density at radius 3 is 2.33 bits per heavy atom. The first kappa shape index (κ1) is 20.6. The molecule has 154 valence electrons.